The average Bonchev–Trinajstić information content (AvgIpc) is 2.99. The molecular weight excluding hydrogens is 301 g/mol. The van der Waals surface area contributed by atoms with Gasteiger partial charge < -0.3 is 4.42 Å². The third kappa shape index (κ3) is 2.44. The van der Waals surface area contributed by atoms with Crippen molar-refractivity contribution in [2.45, 2.75) is 19.0 Å². The van der Waals surface area contributed by atoms with Crippen LogP contribution < -0.4 is 0 Å². The van der Waals surface area contributed by atoms with Crippen LogP contribution in [-0.2, 0) is 19.0 Å². The second kappa shape index (κ2) is 5.01. The molecule has 23 heavy (non-hydrogen) atoms. The van der Waals surface area contributed by atoms with Gasteiger partial charge in [0.05, 0.1) is 5.56 Å². The summed E-state index contributed by atoms with van der Waals surface area (Å²) in [6.07, 6.45) is -2.48. The first kappa shape index (κ1) is 14.1. The molecule has 1 aliphatic rings. The molecule has 0 N–H and O–H groups in total. The smallest absolute Gasteiger partial charge is 0.416 e. The maximum atomic E-state index is 12.6. The Morgan fingerprint density at radius 2 is 1.52 bits per heavy atom. The number of alkyl halides is 3. The summed E-state index contributed by atoms with van der Waals surface area (Å²) in [5, 5.41) is 0. The Bertz CT molecular complexity index is 857. The van der Waals surface area contributed by atoms with Gasteiger partial charge in [-0.2, -0.15) is 13.2 Å². The van der Waals surface area contributed by atoms with Gasteiger partial charge >= 0.3 is 6.18 Å². The number of halogens is 3. The van der Waals surface area contributed by atoms with Crippen molar-refractivity contribution in [2.24, 2.45) is 0 Å². The standard InChI is InChI=1S/C19H13F3O/c20-19(21,22)15-9-7-13(8-10-15)17-11-14-6-5-12-3-1-2-4-16(12)18(14)23-17/h1-4,7-11H,5-6H2. The van der Waals surface area contributed by atoms with Crippen LogP contribution in [0.2, 0.25) is 0 Å². The van der Waals surface area contributed by atoms with Gasteiger partial charge in [0.1, 0.15) is 11.5 Å². The Kier molecular flexibility index (Phi) is 3.08. The predicted octanol–water partition coefficient (Wildman–Crippen LogP) is 5.73. The van der Waals surface area contributed by atoms with E-state index in [-0.39, 0.29) is 0 Å². The van der Waals surface area contributed by atoms with E-state index in [2.05, 4.69) is 6.07 Å². The van der Waals surface area contributed by atoms with E-state index >= 15 is 0 Å². The Balaban J connectivity index is 1.74. The van der Waals surface area contributed by atoms with E-state index in [9.17, 15) is 13.2 Å². The van der Waals surface area contributed by atoms with E-state index in [0.717, 1.165) is 41.9 Å². The number of aryl methyl sites for hydroxylation is 2. The number of hydrogen-bond acceptors (Lipinski definition) is 1. The highest BCUT2D eigenvalue weighted by molar-refractivity contribution is 5.72. The van der Waals surface area contributed by atoms with E-state index in [0.29, 0.717) is 11.3 Å². The average molecular weight is 314 g/mol. The summed E-state index contributed by atoms with van der Waals surface area (Å²) in [5.41, 5.74) is 3.44. The summed E-state index contributed by atoms with van der Waals surface area (Å²) in [5.74, 6) is 1.45. The maximum absolute atomic E-state index is 12.6. The van der Waals surface area contributed by atoms with Crippen molar-refractivity contribution in [3.05, 3.63) is 71.3 Å². The lowest BCUT2D eigenvalue weighted by Gasteiger charge is -2.13. The topological polar surface area (TPSA) is 13.1 Å². The van der Waals surface area contributed by atoms with Gasteiger partial charge in [-0.05, 0) is 42.2 Å². The van der Waals surface area contributed by atoms with E-state index < -0.39 is 11.7 Å². The number of furan rings is 1. The van der Waals surface area contributed by atoms with Crippen LogP contribution in [0.1, 0.15) is 16.7 Å². The Hall–Kier alpha value is -2.49. The minimum absolute atomic E-state index is 0.612. The lowest BCUT2D eigenvalue weighted by Crippen LogP contribution is -2.03. The summed E-state index contributed by atoms with van der Waals surface area (Å²) in [6, 6.07) is 15.1. The summed E-state index contributed by atoms with van der Waals surface area (Å²) < 4.78 is 43.9. The minimum atomic E-state index is -4.32. The van der Waals surface area contributed by atoms with Gasteiger partial charge in [-0.1, -0.05) is 36.4 Å². The highest BCUT2D eigenvalue weighted by Crippen LogP contribution is 2.39. The van der Waals surface area contributed by atoms with Gasteiger partial charge in [0.15, 0.2) is 0 Å². The maximum Gasteiger partial charge on any atom is 0.416 e. The van der Waals surface area contributed by atoms with Crippen LogP contribution in [-0.4, -0.2) is 0 Å². The molecule has 1 nitrogen and oxygen atoms in total. The van der Waals surface area contributed by atoms with E-state index in [1.54, 1.807) is 0 Å². The molecule has 4 rings (SSSR count). The molecule has 0 atom stereocenters. The molecular formula is C19H13F3O. The van der Waals surface area contributed by atoms with Crippen LogP contribution in [0.4, 0.5) is 13.2 Å². The normalized spacial score (nSPS) is 13.5. The van der Waals surface area contributed by atoms with Crippen molar-refractivity contribution < 1.29 is 17.6 Å². The van der Waals surface area contributed by atoms with Crippen LogP contribution in [0, 0.1) is 0 Å². The molecule has 1 heterocycles. The fourth-order valence-electron chi connectivity index (χ4n) is 3.04. The minimum Gasteiger partial charge on any atom is -0.456 e. The molecule has 3 aromatic rings. The number of fused-ring (bicyclic) bond motifs is 3. The summed E-state index contributed by atoms with van der Waals surface area (Å²) >= 11 is 0. The van der Waals surface area contributed by atoms with E-state index in [4.69, 9.17) is 4.42 Å². The van der Waals surface area contributed by atoms with Gasteiger partial charge in [-0.3, -0.25) is 0 Å². The molecule has 0 spiro atoms. The monoisotopic (exact) mass is 314 g/mol. The summed E-state index contributed by atoms with van der Waals surface area (Å²) in [7, 11) is 0. The van der Waals surface area contributed by atoms with Crippen molar-refractivity contribution in [1.29, 1.82) is 0 Å². The van der Waals surface area contributed by atoms with Crippen molar-refractivity contribution in [3.8, 4) is 22.6 Å². The molecule has 0 amide bonds. The molecule has 116 valence electrons. The molecule has 1 aromatic heterocycles. The largest absolute Gasteiger partial charge is 0.456 e. The predicted molar refractivity (Wildman–Crippen MR) is 82.0 cm³/mol. The Morgan fingerprint density at radius 3 is 2.26 bits per heavy atom. The third-order valence-corrected chi connectivity index (χ3v) is 4.23. The van der Waals surface area contributed by atoms with E-state index in [1.807, 2.05) is 24.3 Å². The molecule has 1 aliphatic carbocycles. The van der Waals surface area contributed by atoms with Gasteiger partial charge in [0.2, 0.25) is 0 Å². The van der Waals surface area contributed by atoms with E-state index in [1.165, 1.54) is 17.7 Å². The Labute approximate surface area is 131 Å². The van der Waals surface area contributed by atoms with Crippen molar-refractivity contribution >= 4 is 0 Å². The third-order valence-electron chi connectivity index (χ3n) is 4.23. The van der Waals surface area contributed by atoms with Crippen molar-refractivity contribution in [1.82, 2.24) is 0 Å². The molecule has 0 saturated carbocycles. The molecule has 0 saturated heterocycles. The molecule has 0 radical (unpaired) electrons. The SMILES string of the molecule is FC(F)(F)c1ccc(-c2cc3c(o2)-c2ccccc2CC3)cc1. The number of benzene rings is 2. The number of hydrogen-bond donors (Lipinski definition) is 0. The second-order valence-corrected chi connectivity index (χ2v) is 5.70. The fraction of sp³-hybridized carbons (Fsp3) is 0.158. The zero-order valence-electron chi connectivity index (χ0n) is 12.2. The summed E-state index contributed by atoms with van der Waals surface area (Å²) in [4.78, 5) is 0. The van der Waals surface area contributed by atoms with Crippen LogP contribution in [0.25, 0.3) is 22.6 Å². The molecule has 0 aliphatic heterocycles. The zero-order valence-corrected chi connectivity index (χ0v) is 12.2. The highest BCUT2D eigenvalue weighted by atomic mass is 19.4. The van der Waals surface area contributed by atoms with Gasteiger partial charge in [0, 0.05) is 11.1 Å². The van der Waals surface area contributed by atoms with Crippen LogP contribution >= 0.6 is 0 Å². The van der Waals surface area contributed by atoms with Gasteiger partial charge in [0.25, 0.3) is 0 Å². The summed E-state index contributed by atoms with van der Waals surface area (Å²) in [6.45, 7) is 0. The second-order valence-electron chi connectivity index (χ2n) is 5.70. The first-order chi connectivity index (χ1) is 11.0. The first-order valence-corrected chi connectivity index (χ1v) is 7.41. The highest BCUT2D eigenvalue weighted by Gasteiger charge is 2.30. The fourth-order valence-corrected chi connectivity index (χ4v) is 3.04. The van der Waals surface area contributed by atoms with Crippen LogP contribution in [0.15, 0.2) is 59.0 Å². The van der Waals surface area contributed by atoms with Gasteiger partial charge in [-0.25, -0.2) is 0 Å². The first-order valence-electron chi connectivity index (χ1n) is 7.41. The zero-order chi connectivity index (χ0) is 16.0. The van der Waals surface area contributed by atoms with Crippen molar-refractivity contribution in [3.63, 3.8) is 0 Å². The van der Waals surface area contributed by atoms with Crippen LogP contribution in [0.5, 0.6) is 0 Å². The lowest BCUT2D eigenvalue weighted by atomic mass is 9.91. The van der Waals surface area contributed by atoms with Crippen LogP contribution in [0.3, 0.4) is 0 Å². The molecule has 0 bridgehead atoms. The number of rotatable bonds is 1. The lowest BCUT2D eigenvalue weighted by molar-refractivity contribution is -0.137. The Morgan fingerprint density at radius 1 is 0.826 bits per heavy atom. The molecule has 0 fully saturated rings. The van der Waals surface area contributed by atoms with Crippen molar-refractivity contribution in [2.75, 3.05) is 0 Å². The molecule has 0 unspecified atom stereocenters. The van der Waals surface area contributed by atoms with Gasteiger partial charge in [-0.15, -0.1) is 0 Å². The quantitative estimate of drug-likeness (QED) is 0.559. The molecule has 2 aromatic carbocycles. The molecule has 4 heteroatoms.